The van der Waals surface area contributed by atoms with Crippen molar-refractivity contribution in [3.8, 4) is 5.75 Å². The highest BCUT2D eigenvalue weighted by atomic mass is 79.9. The van der Waals surface area contributed by atoms with E-state index in [9.17, 15) is 0 Å². The first kappa shape index (κ1) is 15.1. The molecular weight excluding hydrogens is 314 g/mol. The Balaban J connectivity index is 2.41. The van der Waals surface area contributed by atoms with Gasteiger partial charge >= 0.3 is 0 Å². The molecule has 2 rings (SSSR count). The van der Waals surface area contributed by atoms with Gasteiger partial charge in [0, 0.05) is 4.47 Å². The second kappa shape index (κ2) is 6.91. The second-order valence-electron chi connectivity index (χ2n) is 4.78. The first-order chi connectivity index (χ1) is 9.65. The van der Waals surface area contributed by atoms with Crippen molar-refractivity contribution in [1.29, 1.82) is 0 Å². The van der Waals surface area contributed by atoms with Crippen LogP contribution in [0.15, 0.2) is 46.9 Å². The molecule has 0 aliphatic heterocycles. The van der Waals surface area contributed by atoms with E-state index in [2.05, 4.69) is 65.4 Å². The van der Waals surface area contributed by atoms with E-state index in [0.29, 0.717) is 0 Å². The van der Waals surface area contributed by atoms with Crippen molar-refractivity contribution in [2.24, 2.45) is 0 Å². The summed E-state index contributed by atoms with van der Waals surface area (Å²) in [7, 11) is 1.70. The van der Waals surface area contributed by atoms with Crippen LogP contribution in [0.1, 0.15) is 29.7 Å². The quantitative estimate of drug-likeness (QED) is 0.871. The van der Waals surface area contributed by atoms with Crippen LogP contribution in [-0.4, -0.2) is 13.7 Å². The molecule has 0 fully saturated rings. The van der Waals surface area contributed by atoms with E-state index in [-0.39, 0.29) is 6.04 Å². The number of benzene rings is 2. The predicted molar refractivity (Wildman–Crippen MR) is 87.4 cm³/mol. The third-order valence-electron chi connectivity index (χ3n) is 3.35. The highest BCUT2D eigenvalue weighted by Crippen LogP contribution is 2.28. The first-order valence-electron chi connectivity index (χ1n) is 6.79. The number of aryl methyl sites for hydroxylation is 1. The van der Waals surface area contributed by atoms with Crippen LogP contribution in [0.25, 0.3) is 0 Å². The molecule has 106 valence electrons. The molecule has 0 saturated heterocycles. The summed E-state index contributed by atoms with van der Waals surface area (Å²) in [5, 5.41) is 3.54. The van der Waals surface area contributed by atoms with Crippen molar-refractivity contribution in [2.45, 2.75) is 19.9 Å². The molecule has 0 heterocycles. The SMILES string of the molecule is CCNC(c1cccc(OC)c1)c1ccc(Br)c(C)c1. The van der Waals surface area contributed by atoms with Crippen molar-refractivity contribution < 1.29 is 4.74 Å². The average molecular weight is 334 g/mol. The largest absolute Gasteiger partial charge is 0.497 e. The fourth-order valence-corrected chi connectivity index (χ4v) is 2.55. The zero-order chi connectivity index (χ0) is 14.5. The van der Waals surface area contributed by atoms with Gasteiger partial charge < -0.3 is 10.1 Å². The van der Waals surface area contributed by atoms with Crippen LogP contribution < -0.4 is 10.1 Å². The Labute approximate surface area is 129 Å². The van der Waals surface area contributed by atoms with Crippen LogP contribution in [0.3, 0.4) is 0 Å². The molecule has 20 heavy (non-hydrogen) atoms. The molecule has 1 atom stereocenters. The molecule has 0 aromatic heterocycles. The van der Waals surface area contributed by atoms with Crippen molar-refractivity contribution in [2.75, 3.05) is 13.7 Å². The van der Waals surface area contributed by atoms with E-state index < -0.39 is 0 Å². The van der Waals surface area contributed by atoms with E-state index in [1.165, 1.54) is 16.7 Å². The normalized spacial score (nSPS) is 12.2. The first-order valence-corrected chi connectivity index (χ1v) is 7.58. The molecule has 2 nitrogen and oxygen atoms in total. The zero-order valence-corrected chi connectivity index (χ0v) is 13.7. The number of ether oxygens (including phenoxy) is 1. The van der Waals surface area contributed by atoms with E-state index in [1.807, 2.05) is 12.1 Å². The van der Waals surface area contributed by atoms with E-state index in [0.717, 1.165) is 16.8 Å². The van der Waals surface area contributed by atoms with Gasteiger partial charge in [0.25, 0.3) is 0 Å². The van der Waals surface area contributed by atoms with Crippen LogP contribution >= 0.6 is 15.9 Å². The third kappa shape index (κ3) is 3.41. The Morgan fingerprint density at radius 3 is 2.55 bits per heavy atom. The Bertz CT molecular complexity index is 583. The van der Waals surface area contributed by atoms with Crippen molar-refractivity contribution >= 4 is 15.9 Å². The number of hydrogen-bond donors (Lipinski definition) is 1. The Hall–Kier alpha value is -1.32. The molecule has 0 aliphatic rings. The fourth-order valence-electron chi connectivity index (χ4n) is 2.30. The number of halogens is 1. The lowest BCUT2D eigenvalue weighted by Gasteiger charge is -2.20. The smallest absolute Gasteiger partial charge is 0.119 e. The van der Waals surface area contributed by atoms with Gasteiger partial charge in [-0.1, -0.05) is 47.1 Å². The maximum atomic E-state index is 5.33. The Morgan fingerprint density at radius 2 is 1.90 bits per heavy atom. The van der Waals surface area contributed by atoms with E-state index in [4.69, 9.17) is 4.74 Å². The van der Waals surface area contributed by atoms with Crippen molar-refractivity contribution in [1.82, 2.24) is 5.32 Å². The third-order valence-corrected chi connectivity index (χ3v) is 4.24. The van der Waals surface area contributed by atoms with Gasteiger partial charge in [-0.15, -0.1) is 0 Å². The van der Waals surface area contributed by atoms with Gasteiger partial charge in [0.1, 0.15) is 5.75 Å². The van der Waals surface area contributed by atoms with Gasteiger partial charge in [-0.2, -0.15) is 0 Å². The summed E-state index contributed by atoms with van der Waals surface area (Å²) in [5.74, 6) is 0.888. The molecule has 1 unspecified atom stereocenters. The monoisotopic (exact) mass is 333 g/mol. The summed E-state index contributed by atoms with van der Waals surface area (Å²) in [5.41, 5.74) is 3.72. The molecule has 3 heteroatoms. The predicted octanol–water partition coefficient (Wildman–Crippen LogP) is 4.47. The number of hydrogen-bond acceptors (Lipinski definition) is 2. The van der Waals surface area contributed by atoms with Crippen LogP contribution in [0.5, 0.6) is 5.75 Å². The molecule has 0 radical (unpaired) electrons. The minimum atomic E-state index is 0.182. The molecule has 0 saturated carbocycles. The lowest BCUT2D eigenvalue weighted by atomic mass is 9.97. The summed E-state index contributed by atoms with van der Waals surface area (Å²) in [6, 6.07) is 14.9. The minimum Gasteiger partial charge on any atom is -0.497 e. The maximum Gasteiger partial charge on any atom is 0.119 e. The standard InChI is InChI=1S/C17H20BrNO/c1-4-19-17(13-6-5-7-15(11-13)20-3)14-8-9-16(18)12(2)10-14/h5-11,17,19H,4H2,1-3H3. The summed E-state index contributed by atoms with van der Waals surface area (Å²) < 4.78 is 6.47. The average Bonchev–Trinajstić information content (AvgIpc) is 2.48. The van der Waals surface area contributed by atoms with Crippen LogP contribution in [-0.2, 0) is 0 Å². The summed E-state index contributed by atoms with van der Waals surface area (Å²) >= 11 is 3.56. The molecule has 0 aliphatic carbocycles. The molecule has 0 spiro atoms. The lowest BCUT2D eigenvalue weighted by Crippen LogP contribution is -2.22. The topological polar surface area (TPSA) is 21.3 Å². The van der Waals surface area contributed by atoms with Gasteiger partial charge in [-0.3, -0.25) is 0 Å². The fraction of sp³-hybridized carbons (Fsp3) is 0.294. The molecule has 1 N–H and O–H groups in total. The highest BCUT2D eigenvalue weighted by Gasteiger charge is 2.14. The maximum absolute atomic E-state index is 5.33. The highest BCUT2D eigenvalue weighted by molar-refractivity contribution is 9.10. The number of methoxy groups -OCH3 is 1. The lowest BCUT2D eigenvalue weighted by molar-refractivity contribution is 0.413. The van der Waals surface area contributed by atoms with Crippen molar-refractivity contribution in [3.63, 3.8) is 0 Å². The molecule has 0 amide bonds. The summed E-state index contributed by atoms with van der Waals surface area (Å²) in [6.07, 6.45) is 0. The van der Waals surface area contributed by atoms with Crippen LogP contribution in [0.4, 0.5) is 0 Å². The number of rotatable bonds is 5. The molecular formula is C17H20BrNO. The van der Waals surface area contributed by atoms with E-state index >= 15 is 0 Å². The summed E-state index contributed by atoms with van der Waals surface area (Å²) in [4.78, 5) is 0. The minimum absolute atomic E-state index is 0.182. The molecule has 2 aromatic rings. The number of nitrogens with one attached hydrogen (secondary N) is 1. The van der Waals surface area contributed by atoms with Gasteiger partial charge in [-0.05, 0) is 48.4 Å². The van der Waals surface area contributed by atoms with Gasteiger partial charge in [-0.25, -0.2) is 0 Å². The second-order valence-corrected chi connectivity index (χ2v) is 5.63. The Morgan fingerprint density at radius 1 is 1.15 bits per heavy atom. The van der Waals surface area contributed by atoms with Gasteiger partial charge in [0.2, 0.25) is 0 Å². The Kier molecular flexibility index (Phi) is 5.21. The van der Waals surface area contributed by atoms with Crippen molar-refractivity contribution in [3.05, 3.63) is 63.6 Å². The molecule has 0 bridgehead atoms. The zero-order valence-electron chi connectivity index (χ0n) is 12.1. The van der Waals surface area contributed by atoms with E-state index in [1.54, 1.807) is 7.11 Å². The van der Waals surface area contributed by atoms with Crippen LogP contribution in [0.2, 0.25) is 0 Å². The van der Waals surface area contributed by atoms with Crippen LogP contribution in [0, 0.1) is 6.92 Å². The molecule has 2 aromatic carbocycles. The van der Waals surface area contributed by atoms with Gasteiger partial charge in [0.15, 0.2) is 0 Å². The van der Waals surface area contributed by atoms with Gasteiger partial charge in [0.05, 0.1) is 13.2 Å². The summed E-state index contributed by atoms with van der Waals surface area (Å²) in [6.45, 7) is 5.15.